The highest BCUT2D eigenvalue weighted by Crippen LogP contribution is 2.17. The Hall–Kier alpha value is -1.66. The van der Waals surface area contributed by atoms with Gasteiger partial charge in [0.25, 0.3) is 0 Å². The third-order valence-electron chi connectivity index (χ3n) is 4.33. The highest BCUT2D eigenvalue weighted by molar-refractivity contribution is 5.73. The first-order valence-corrected chi connectivity index (χ1v) is 8.63. The number of nitrogens with one attached hydrogen (secondary N) is 2. The number of aliphatic hydroxyl groups is 1. The lowest BCUT2D eigenvalue weighted by Crippen LogP contribution is -2.44. The van der Waals surface area contributed by atoms with Crippen LogP contribution in [0.25, 0.3) is 0 Å². The number of aliphatic hydroxyl groups excluding tert-OH is 1. The molecule has 24 heavy (non-hydrogen) atoms. The third kappa shape index (κ3) is 5.46. The number of carbonyl (C=O) groups is 1. The number of hydrogen-bond donors (Lipinski definition) is 3. The molecule has 0 saturated carbocycles. The van der Waals surface area contributed by atoms with Crippen molar-refractivity contribution < 1.29 is 14.3 Å². The molecule has 0 bridgehead atoms. The maximum Gasteiger partial charge on any atom is 0.315 e. The molecule has 1 atom stereocenters. The van der Waals surface area contributed by atoms with E-state index in [9.17, 15) is 9.18 Å². The molecule has 6 heteroatoms. The van der Waals surface area contributed by atoms with Crippen LogP contribution in [0, 0.1) is 11.7 Å². The summed E-state index contributed by atoms with van der Waals surface area (Å²) >= 11 is 0. The van der Waals surface area contributed by atoms with E-state index >= 15 is 0 Å². The first-order valence-electron chi connectivity index (χ1n) is 8.63. The van der Waals surface area contributed by atoms with Crippen LogP contribution >= 0.6 is 0 Å². The number of hydrogen-bond acceptors (Lipinski definition) is 3. The molecule has 0 aliphatic carbocycles. The van der Waals surface area contributed by atoms with Crippen LogP contribution in [-0.4, -0.2) is 41.7 Å². The van der Waals surface area contributed by atoms with Crippen LogP contribution in [0.3, 0.4) is 0 Å². The number of amides is 2. The molecular weight excluding hydrogens is 309 g/mol. The molecule has 134 valence electrons. The average Bonchev–Trinajstić information content (AvgIpc) is 2.98. The van der Waals surface area contributed by atoms with E-state index in [1.54, 1.807) is 12.1 Å². The van der Waals surface area contributed by atoms with Crippen LogP contribution in [0.15, 0.2) is 18.2 Å². The Bertz CT molecular complexity index is 551. The van der Waals surface area contributed by atoms with Crippen molar-refractivity contribution in [3.63, 3.8) is 0 Å². The molecule has 5 nitrogen and oxygen atoms in total. The zero-order chi connectivity index (χ0) is 17.5. The topological polar surface area (TPSA) is 64.6 Å². The maximum absolute atomic E-state index is 13.3. The fraction of sp³-hybridized carbons (Fsp3) is 0.611. The van der Waals surface area contributed by atoms with Gasteiger partial charge < -0.3 is 15.7 Å². The minimum atomic E-state index is -0.433. The second kappa shape index (κ2) is 8.99. The van der Waals surface area contributed by atoms with E-state index in [1.165, 1.54) is 12.5 Å². The first kappa shape index (κ1) is 18.7. The maximum atomic E-state index is 13.3. The van der Waals surface area contributed by atoms with Crippen molar-refractivity contribution in [2.45, 2.75) is 45.9 Å². The van der Waals surface area contributed by atoms with Crippen molar-refractivity contribution in [1.29, 1.82) is 0 Å². The summed E-state index contributed by atoms with van der Waals surface area (Å²) in [4.78, 5) is 14.4. The van der Waals surface area contributed by atoms with Gasteiger partial charge in [0.1, 0.15) is 5.82 Å². The number of nitrogens with zero attached hydrogens (tertiary/aromatic N) is 1. The number of rotatable bonds is 7. The van der Waals surface area contributed by atoms with E-state index in [0.29, 0.717) is 25.0 Å². The van der Waals surface area contributed by atoms with Gasteiger partial charge in [-0.15, -0.1) is 0 Å². The predicted octanol–water partition coefficient (Wildman–Crippen LogP) is 2.24. The number of likely N-dealkylation sites (tertiary alicyclic amines) is 1. The van der Waals surface area contributed by atoms with Gasteiger partial charge in [-0.05, 0) is 43.0 Å². The Kier molecular flexibility index (Phi) is 6.99. The summed E-state index contributed by atoms with van der Waals surface area (Å²) in [5, 5.41) is 14.8. The molecule has 2 rings (SSSR count). The molecule has 1 saturated heterocycles. The summed E-state index contributed by atoms with van der Waals surface area (Å²) in [6, 6.07) is 4.67. The molecule has 1 aliphatic rings. The Labute approximate surface area is 143 Å². The fourth-order valence-electron chi connectivity index (χ4n) is 3.15. The zero-order valence-corrected chi connectivity index (χ0v) is 14.5. The van der Waals surface area contributed by atoms with E-state index in [4.69, 9.17) is 5.11 Å². The van der Waals surface area contributed by atoms with Gasteiger partial charge in [0.05, 0.1) is 6.61 Å². The zero-order valence-electron chi connectivity index (χ0n) is 14.5. The molecule has 1 fully saturated rings. The van der Waals surface area contributed by atoms with Crippen LogP contribution in [0.5, 0.6) is 0 Å². The molecule has 0 aromatic heterocycles. The quantitative estimate of drug-likeness (QED) is 0.715. The molecule has 1 aromatic carbocycles. The van der Waals surface area contributed by atoms with Crippen LogP contribution < -0.4 is 10.6 Å². The van der Waals surface area contributed by atoms with Crippen LogP contribution in [0.1, 0.15) is 37.8 Å². The van der Waals surface area contributed by atoms with Gasteiger partial charge in [0.15, 0.2) is 0 Å². The number of urea groups is 1. The summed E-state index contributed by atoms with van der Waals surface area (Å²) in [5.74, 6) is 0.191. The Balaban J connectivity index is 1.75. The highest BCUT2D eigenvalue weighted by Gasteiger charge is 2.24. The van der Waals surface area contributed by atoms with Crippen molar-refractivity contribution in [2.24, 2.45) is 5.92 Å². The molecular formula is C18H28FN3O2. The van der Waals surface area contributed by atoms with E-state index < -0.39 is 5.82 Å². The van der Waals surface area contributed by atoms with Crippen molar-refractivity contribution in [3.8, 4) is 0 Å². The van der Waals surface area contributed by atoms with Crippen molar-refractivity contribution >= 4 is 6.03 Å². The molecule has 0 spiro atoms. The second-order valence-electron chi connectivity index (χ2n) is 6.83. The van der Waals surface area contributed by atoms with E-state index in [1.807, 2.05) is 0 Å². The average molecular weight is 337 g/mol. The summed E-state index contributed by atoms with van der Waals surface area (Å²) < 4.78 is 13.3. The molecule has 0 unspecified atom stereocenters. The van der Waals surface area contributed by atoms with E-state index in [2.05, 4.69) is 29.4 Å². The Morgan fingerprint density at radius 2 is 2.21 bits per heavy atom. The number of benzene rings is 1. The second-order valence-corrected chi connectivity index (χ2v) is 6.83. The molecule has 1 heterocycles. The molecule has 3 N–H and O–H groups in total. The molecule has 2 amide bonds. The smallest absolute Gasteiger partial charge is 0.315 e. The van der Waals surface area contributed by atoms with Gasteiger partial charge in [0, 0.05) is 31.2 Å². The lowest BCUT2D eigenvalue weighted by molar-refractivity contribution is 0.213. The molecule has 0 radical (unpaired) electrons. The Morgan fingerprint density at radius 1 is 1.42 bits per heavy atom. The minimum Gasteiger partial charge on any atom is -0.392 e. The molecule has 1 aliphatic heterocycles. The van der Waals surface area contributed by atoms with Gasteiger partial charge in [-0.1, -0.05) is 19.9 Å². The predicted molar refractivity (Wildman–Crippen MR) is 92.0 cm³/mol. The normalized spacial score (nSPS) is 18.1. The van der Waals surface area contributed by atoms with E-state index in [-0.39, 0.29) is 18.2 Å². The van der Waals surface area contributed by atoms with Crippen LogP contribution in [0.4, 0.5) is 9.18 Å². The van der Waals surface area contributed by atoms with Gasteiger partial charge in [-0.25, -0.2) is 9.18 Å². The van der Waals surface area contributed by atoms with E-state index in [0.717, 1.165) is 25.1 Å². The van der Waals surface area contributed by atoms with Crippen molar-refractivity contribution in [1.82, 2.24) is 15.5 Å². The lowest BCUT2D eigenvalue weighted by atomic mass is 10.1. The number of halogens is 1. The SMILES string of the molecule is CC(C)CN1CCC[C@H]1CNC(=O)NCc1ccc(F)c(CO)c1. The largest absolute Gasteiger partial charge is 0.392 e. The number of carbonyl (C=O) groups excluding carboxylic acids is 1. The monoisotopic (exact) mass is 337 g/mol. The first-order chi connectivity index (χ1) is 11.5. The van der Waals surface area contributed by atoms with Crippen molar-refractivity contribution in [2.75, 3.05) is 19.6 Å². The third-order valence-corrected chi connectivity index (χ3v) is 4.33. The van der Waals surface area contributed by atoms with Crippen LogP contribution in [0.2, 0.25) is 0 Å². The summed E-state index contributed by atoms with van der Waals surface area (Å²) in [6.45, 7) is 7.18. The summed E-state index contributed by atoms with van der Waals surface area (Å²) in [5.41, 5.74) is 1.00. The van der Waals surface area contributed by atoms with Crippen LogP contribution in [-0.2, 0) is 13.2 Å². The van der Waals surface area contributed by atoms with Gasteiger partial charge in [-0.2, -0.15) is 0 Å². The van der Waals surface area contributed by atoms with Gasteiger partial charge in [0.2, 0.25) is 0 Å². The van der Waals surface area contributed by atoms with Crippen molar-refractivity contribution in [3.05, 3.63) is 35.1 Å². The Morgan fingerprint density at radius 3 is 2.92 bits per heavy atom. The standard InChI is InChI=1S/C18H28FN3O2/c1-13(2)11-22-7-3-4-16(22)10-21-18(24)20-9-14-5-6-17(19)15(8-14)12-23/h5-6,8,13,16,23H,3-4,7,9-12H2,1-2H3,(H2,20,21,24)/t16-/m0/s1. The molecule has 1 aromatic rings. The lowest BCUT2D eigenvalue weighted by Gasteiger charge is -2.26. The summed E-state index contributed by atoms with van der Waals surface area (Å²) in [6.07, 6.45) is 2.30. The fourth-order valence-corrected chi connectivity index (χ4v) is 3.15. The van der Waals surface area contributed by atoms with Gasteiger partial charge in [-0.3, -0.25) is 4.90 Å². The summed E-state index contributed by atoms with van der Waals surface area (Å²) in [7, 11) is 0. The highest BCUT2D eigenvalue weighted by atomic mass is 19.1. The minimum absolute atomic E-state index is 0.221. The van der Waals surface area contributed by atoms with Gasteiger partial charge >= 0.3 is 6.03 Å².